The first kappa shape index (κ1) is 12.9. The maximum absolute atomic E-state index is 5.84. The van der Waals surface area contributed by atoms with Crippen LogP contribution in [0.5, 0.6) is 5.75 Å². The van der Waals surface area contributed by atoms with Crippen LogP contribution in [0.25, 0.3) is 0 Å². The number of rotatable bonds is 5. The third kappa shape index (κ3) is 3.23. The second-order valence-corrected chi connectivity index (χ2v) is 4.59. The number of hydrogen-bond acceptors (Lipinski definition) is 4. The molecule has 0 fully saturated rings. The standard InChI is InChI=1S/C13H15ClN2O2/c1-3-10-5-4-6-11(7-10)17-8-12-15-16-13(18-12)9(2)14/h4-7,9H,3,8H2,1-2H3. The van der Waals surface area contributed by atoms with Crippen molar-refractivity contribution in [3.05, 3.63) is 41.6 Å². The smallest absolute Gasteiger partial charge is 0.253 e. The molecule has 1 unspecified atom stereocenters. The van der Waals surface area contributed by atoms with Crippen molar-refractivity contribution in [3.63, 3.8) is 0 Å². The lowest BCUT2D eigenvalue weighted by Gasteiger charge is -2.04. The fourth-order valence-electron chi connectivity index (χ4n) is 1.49. The summed E-state index contributed by atoms with van der Waals surface area (Å²) >= 11 is 5.84. The van der Waals surface area contributed by atoms with Crippen LogP contribution in [-0.4, -0.2) is 10.2 Å². The molecule has 0 saturated carbocycles. The molecule has 0 saturated heterocycles. The van der Waals surface area contributed by atoms with Crippen LogP contribution in [-0.2, 0) is 13.0 Å². The van der Waals surface area contributed by atoms with Gasteiger partial charge >= 0.3 is 0 Å². The predicted molar refractivity (Wildman–Crippen MR) is 68.7 cm³/mol. The normalized spacial score (nSPS) is 12.4. The minimum absolute atomic E-state index is 0.254. The van der Waals surface area contributed by atoms with E-state index in [1.165, 1.54) is 5.56 Å². The summed E-state index contributed by atoms with van der Waals surface area (Å²) in [6.07, 6.45) is 0.978. The number of halogens is 1. The van der Waals surface area contributed by atoms with E-state index in [4.69, 9.17) is 20.8 Å². The highest BCUT2D eigenvalue weighted by molar-refractivity contribution is 6.20. The van der Waals surface area contributed by atoms with Crippen molar-refractivity contribution in [3.8, 4) is 5.75 Å². The summed E-state index contributed by atoms with van der Waals surface area (Å²) in [5.41, 5.74) is 1.23. The molecular formula is C13H15ClN2O2. The van der Waals surface area contributed by atoms with E-state index in [1.807, 2.05) is 18.2 Å². The van der Waals surface area contributed by atoms with E-state index in [0.29, 0.717) is 11.8 Å². The van der Waals surface area contributed by atoms with Gasteiger partial charge in [-0.05, 0) is 31.0 Å². The van der Waals surface area contributed by atoms with Gasteiger partial charge < -0.3 is 9.15 Å². The maximum atomic E-state index is 5.84. The predicted octanol–water partition coefficient (Wildman–Crippen LogP) is 3.51. The number of aryl methyl sites for hydroxylation is 1. The van der Waals surface area contributed by atoms with Crippen LogP contribution in [0.15, 0.2) is 28.7 Å². The van der Waals surface area contributed by atoms with Gasteiger partial charge in [-0.15, -0.1) is 21.8 Å². The maximum Gasteiger partial charge on any atom is 0.253 e. The third-order valence-corrected chi connectivity index (χ3v) is 2.68. The van der Waals surface area contributed by atoms with Crippen LogP contribution >= 0.6 is 11.6 Å². The van der Waals surface area contributed by atoms with Crippen LogP contribution in [0, 0.1) is 0 Å². The molecule has 0 radical (unpaired) electrons. The van der Waals surface area contributed by atoms with E-state index < -0.39 is 0 Å². The summed E-state index contributed by atoms with van der Waals surface area (Å²) in [7, 11) is 0. The summed E-state index contributed by atoms with van der Waals surface area (Å²) in [4.78, 5) is 0. The Hall–Kier alpha value is -1.55. The van der Waals surface area contributed by atoms with Crippen LogP contribution in [0.3, 0.4) is 0 Å². The average Bonchev–Trinajstić information content (AvgIpc) is 2.85. The molecule has 1 aromatic heterocycles. The van der Waals surface area contributed by atoms with Crippen LogP contribution in [0.1, 0.15) is 36.6 Å². The first-order chi connectivity index (χ1) is 8.69. The van der Waals surface area contributed by atoms with Gasteiger partial charge in [0.25, 0.3) is 5.89 Å². The van der Waals surface area contributed by atoms with Crippen molar-refractivity contribution < 1.29 is 9.15 Å². The number of alkyl halides is 1. The molecule has 1 heterocycles. The fraction of sp³-hybridized carbons (Fsp3) is 0.385. The van der Waals surface area contributed by atoms with Crippen molar-refractivity contribution >= 4 is 11.6 Å². The lowest BCUT2D eigenvalue weighted by Crippen LogP contribution is -1.96. The highest BCUT2D eigenvalue weighted by Gasteiger charge is 2.11. The van der Waals surface area contributed by atoms with Gasteiger partial charge in [-0.3, -0.25) is 0 Å². The van der Waals surface area contributed by atoms with Crippen LogP contribution in [0.4, 0.5) is 0 Å². The summed E-state index contributed by atoms with van der Waals surface area (Å²) in [5, 5.41) is 7.42. The number of hydrogen-bond donors (Lipinski definition) is 0. The molecule has 96 valence electrons. The molecule has 0 N–H and O–H groups in total. The molecule has 0 aliphatic heterocycles. The molecule has 4 nitrogen and oxygen atoms in total. The molecule has 0 aliphatic rings. The average molecular weight is 267 g/mol. The summed E-state index contributed by atoms with van der Waals surface area (Å²) in [6, 6.07) is 7.93. The Morgan fingerprint density at radius 3 is 2.89 bits per heavy atom. The summed E-state index contributed by atoms with van der Waals surface area (Å²) < 4.78 is 10.9. The highest BCUT2D eigenvalue weighted by Crippen LogP contribution is 2.19. The van der Waals surface area contributed by atoms with Gasteiger partial charge in [-0.25, -0.2) is 0 Å². The first-order valence-corrected chi connectivity index (χ1v) is 6.30. The van der Waals surface area contributed by atoms with Crippen molar-refractivity contribution in [1.29, 1.82) is 0 Å². The fourth-order valence-corrected chi connectivity index (χ4v) is 1.57. The molecule has 1 atom stereocenters. The Labute approximate surface area is 111 Å². The lowest BCUT2D eigenvalue weighted by atomic mass is 10.2. The molecule has 0 spiro atoms. The van der Waals surface area contributed by atoms with Gasteiger partial charge in [-0.2, -0.15) is 0 Å². The van der Waals surface area contributed by atoms with E-state index in [9.17, 15) is 0 Å². The monoisotopic (exact) mass is 266 g/mol. The van der Waals surface area contributed by atoms with Gasteiger partial charge in [0, 0.05) is 0 Å². The Bertz CT molecular complexity index is 511. The second-order valence-electron chi connectivity index (χ2n) is 3.94. The van der Waals surface area contributed by atoms with E-state index in [2.05, 4.69) is 23.2 Å². The molecule has 0 amide bonds. The van der Waals surface area contributed by atoms with E-state index in [0.717, 1.165) is 12.2 Å². The van der Waals surface area contributed by atoms with E-state index in [-0.39, 0.29) is 12.0 Å². The first-order valence-electron chi connectivity index (χ1n) is 5.87. The molecule has 1 aromatic carbocycles. The molecule has 2 rings (SSSR count). The number of aromatic nitrogens is 2. The zero-order valence-electron chi connectivity index (χ0n) is 10.4. The summed E-state index contributed by atoms with van der Waals surface area (Å²) in [5.74, 6) is 1.64. The zero-order chi connectivity index (χ0) is 13.0. The molecular weight excluding hydrogens is 252 g/mol. The Morgan fingerprint density at radius 1 is 1.39 bits per heavy atom. The number of nitrogens with zero attached hydrogens (tertiary/aromatic N) is 2. The molecule has 0 bridgehead atoms. The molecule has 0 aliphatic carbocycles. The topological polar surface area (TPSA) is 48.2 Å². The lowest BCUT2D eigenvalue weighted by molar-refractivity contribution is 0.258. The van der Waals surface area contributed by atoms with Crippen molar-refractivity contribution in [2.24, 2.45) is 0 Å². The van der Waals surface area contributed by atoms with Crippen molar-refractivity contribution in [2.75, 3.05) is 0 Å². The minimum Gasteiger partial charge on any atom is -0.484 e. The number of benzene rings is 1. The largest absolute Gasteiger partial charge is 0.484 e. The van der Waals surface area contributed by atoms with Gasteiger partial charge in [0.1, 0.15) is 11.1 Å². The third-order valence-electron chi connectivity index (χ3n) is 2.49. The molecule has 2 aromatic rings. The Kier molecular flexibility index (Phi) is 4.20. The van der Waals surface area contributed by atoms with Gasteiger partial charge in [0.2, 0.25) is 5.89 Å². The minimum atomic E-state index is -0.283. The Balaban J connectivity index is 1.97. The van der Waals surface area contributed by atoms with Crippen LogP contribution in [0.2, 0.25) is 0 Å². The second kappa shape index (κ2) is 5.87. The van der Waals surface area contributed by atoms with Crippen molar-refractivity contribution in [1.82, 2.24) is 10.2 Å². The quantitative estimate of drug-likeness (QED) is 0.777. The summed E-state index contributed by atoms with van der Waals surface area (Å²) in [6.45, 7) is 4.14. The molecule has 5 heteroatoms. The van der Waals surface area contributed by atoms with E-state index in [1.54, 1.807) is 6.92 Å². The highest BCUT2D eigenvalue weighted by atomic mass is 35.5. The Morgan fingerprint density at radius 2 is 2.22 bits per heavy atom. The number of ether oxygens (including phenoxy) is 1. The zero-order valence-corrected chi connectivity index (χ0v) is 11.1. The van der Waals surface area contributed by atoms with Gasteiger partial charge in [-0.1, -0.05) is 19.1 Å². The van der Waals surface area contributed by atoms with Gasteiger partial charge in [0.15, 0.2) is 6.61 Å². The van der Waals surface area contributed by atoms with Crippen molar-refractivity contribution in [2.45, 2.75) is 32.3 Å². The molecule has 18 heavy (non-hydrogen) atoms. The van der Waals surface area contributed by atoms with Crippen LogP contribution < -0.4 is 4.74 Å². The van der Waals surface area contributed by atoms with E-state index >= 15 is 0 Å². The SMILES string of the molecule is CCc1cccc(OCc2nnc(C(C)Cl)o2)c1. The van der Waals surface area contributed by atoms with Gasteiger partial charge in [0.05, 0.1) is 0 Å².